The van der Waals surface area contributed by atoms with Crippen LogP contribution in [-0.4, -0.2) is 273 Å². The first-order chi connectivity index (χ1) is 51.7. The maximum Gasteiger partial charge on any atom is 1.00 e. The number of furan rings is 2. The summed E-state index contributed by atoms with van der Waals surface area (Å²) in [5.74, 6) is 2.08. The molecule has 6 rings (SSSR count). The Hall–Kier alpha value is -0.0977. The van der Waals surface area contributed by atoms with Crippen molar-refractivity contribution in [3.63, 3.8) is 0 Å². The van der Waals surface area contributed by atoms with Crippen LogP contribution in [0.1, 0.15) is 50.6 Å². The van der Waals surface area contributed by atoms with Crippen molar-refractivity contribution in [2.75, 3.05) is 154 Å². The number of nitro groups is 4. The molecule has 0 aliphatic carbocycles. The summed E-state index contributed by atoms with van der Waals surface area (Å²) in [5.41, 5.74) is 0.899. The summed E-state index contributed by atoms with van der Waals surface area (Å²) in [7, 11) is -1.44. The molecule has 0 atom stereocenters. The van der Waals surface area contributed by atoms with Gasteiger partial charge in [0.15, 0.2) is 0 Å². The average molecular weight is 1990 g/mol. The third-order valence-electron chi connectivity index (χ3n) is 14.3. The minimum absolute atomic E-state index is 0. The first-order valence-electron chi connectivity index (χ1n) is 34.6. The van der Waals surface area contributed by atoms with Gasteiger partial charge < -0.3 is 48.6 Å². The average Bonchev–Trinajstić information content (AvgIpc) is 0.933. The molecule has 56 heteroatoms. The zero-order chi connectivity index (χ0) is 87.0. The molecule has 0 saturated carbocycles. The number of hydrogen-bond acceptors (Lipinski definition) is 20. The fourth-order valence-corrected chi connectivity index (χ4v) is 37.5. The molecule has 116 heavy (non-hydrogen) atoms. The SMILES string of the molecule is C.C.CN(CCCl)P(=O)(Cl)N(C)CCCl.CN(CCCl)P(=O)(OCc1ccc([N+](=O)[O-])o1)N(C)CCCl.C[Si](C)(C)[N-][Si](C)(C)C.C[Si](C)(C)[N-][Si](C)(C)C.Cn1c(CO)cnc1[N+](=O)[O-].Cn1c(COP2(=O)N(CCCl)CCCN2CCCl)cnc1[N+](=O)[O-].O=P1(Cl)N(CCCl)CCCN1CCCl.O=[N+]([O-])c1ccc(CO)o1.[Li+].[Li+]. The van der Waals surface area contributed by atoms with Gasteiger partial charge in [0.2, 0.25) is 0 Å². The Labute approximate surface area is 764 Å². The second-order valence-corrected chi connectivity index (χ2v) is 62.2. The Bertz CT molecular complexity index is 3480. The van der Waals surface area contributed by atoms with Gasteiger partial charge in [-0.3, -0.25) is 47.5 Å². The van der Waals surface area contributed by atoms with E-state index in [-0.39, 0.29) is 120 Å². The molecule has 4 aromatic heterocycles. The molecule has 4 aromatic rings. The topological polar surface area (TPSA) is 416 Å². The molecule has 2 N–H and O–H groups in total. The van der Waals surface area contributed by atoms with Crippen molar-refractivity contribution in [3.05, 3.63) is 109 Å². The number of imidazole rings is 2. The van der Waals surface area contributed by atoms with Gasteiger partial charge >= 0.3 is 90.3 Å². The van der Waals surface area contributed by atoms with Crippen LogP contribution in [0, 0.1) is 40.5 Å². The molecule has 2 fully saturated rings. The van der Waals surface area contributed by atoms with E-state index >= 15 is 0 Å². The van der Waals surface area contributed by atoms with Gasteiger partial charge in [0, 0.05) is 126 Å². The molecule has 2 aliphatic heterocycles. The van der Waals surface area contributed by atoms with Crippen molar-refractivity contribution in [1.29, 1.82) is 0 Å². The van der Waals surface area contributed by atoms with Crippen LogP contribution in [0.5, 0.6) is 0 Å². The summed E-state index contributed by atoms with van der Waals surface area (Å²) in [5, 5.41) is 58.6. The van der Waals surface area contributed by atoms with Crippen molar-refractivity contribution in [3.8, 4) is 0 Å². The number of nitrogens with zero attached hydrogens (tertiary/aromatic N) is 18. The van der Waals surface area contributed by atoms with E-state index in [2.05, 4.69) is 92.9 Å². The van der Waals surface area contributed by atoms with E-state index in [9.17, 15) is 58.7 Å². The molecule has 2 aliphatic rings. The number of rotatable bonds is 36. The third kappa shape index (κ3) is 49.1. The van der Waals surface area contributed by atoms with Crippen LogP contribution in [0.25, 0.3) is 9.30 Å². The van der Waals surface area contributed by atoms with Crippen molar-refractivity contribution in [1.82, 2.24) is 56.5 Å². The fraction of sp³-hybridized carbons (Fsp3) is 0.767. The van der Waals surface area contributed by atoms with Crippen LogP contribution in [0.2, 0.25) is 78.6 Å². The predicted molar refractivity (Wildman–Crippen MR) is 479 cm³/mol. The normalized spacial score (nSPS) is 14.5. The summed E-state index contributed by atoms with van der Waals surface area (Å²) in [6, 6.07) is 5.18. The Morgan fingerprint density at radius 2 is 0.819 bits per heavy atom. The Balaban J connectivity index is -0.000000305. The van der Waals surface area contributed by atoms with E-state index in [1.165, 1.54) is 69.2 Å². The summed E-state index contributed by atoms with van der Waals surface area (Å²) in [4.78, 5) is 46.3. The third-order valence-corrected chi connectivity index (χ3v) is 38.8. The number of aliphatic hydroxyl groups is 2. The van der Waals surface area contributed by atoms with Gasteiger partial charge in [0.25, 0.3) is 0 Å². The molecule has 0 radical (unpaired) electrons. The number of aromatic nitrogens is 4. The second kappa shape index (κ2) is 62.9. The Morgan fingerprint density at radius 3 is 1.09 bits per heavy atom. The first kappa shape index (κ1) is 127. The molecule has 0 amide bonds. The van der Waals surface area contributed by atoms with Gasteiger partial charge in [-0.05, 0) is 85.5 Å². The van der Waals surface area contributed by atoms with Crippen molar-refractivity contribution in [2.45, 2.75) is 133 Å². The van der Waals surface area contributed by atoms with Gasteiger partial charge in [-0.15, -0.1) is 92.8 Å². The molecular weight excluding hydrogens is 1870 g/mol. The molecular formula is C60H122Cl10Li2N18O18P4Si4. The minimum atomic E-state index is -3.35. The van der Waals surface area contributed by atoms with Gasteiger partial charge in [0.05, 0.1) is 26.2 Å². The van der Waals surface area contributed by atoms with Crippen molar-refractivity contribution in [2.24, 2.45) is 14.1 Å². The van der Waals surface area contributed by atoms with Gasteiger partial charge in [-0.2, -0.15) is 0 Å². The van der Waals surface area contributed by atoms with Crippen molar-refractivity contribution >= 4 is 201 Å². The van der Waals surface area contributed by atoms with E-state index in [1.54, 1.807) is 56.2 Å². The summed E-state index contributed by atoms with van der Waals surface area (Å²) >= 11 is 57.2. The molecule has 0 spiro atoms. The number of alkyl halides is 8. The van der Waals surface area contributed by atoms with Gasteiger partial charge in [-0.1, -0.05) is 136 Å². The molecule has 0 bridgehead atoms. The summed E-state index contributed by atoms with van der Waals surface area (Å²) in [6.45, 7) is 27.4. The van der Waals surface area contributed by atoms with Gasteiger partial charge in [0.1, 0.15) is 71.6 Å². The number of hydrogen-bond donors (Lipinski definition) is 2. The number of aliphatic hydroxyl groups excluding tert-OH is 2. The van der Waals surface area contributed by atoms with Crippen LogP contribution in [0.15, 0.2) is 45.5 Å². The minimum Gasteiger partial charge on any atom is -0.668 e. The zero-order valence-electron chi connectivity index (χ0n) is 68.9. The fourth-order valence-electron chi connectivity index (χ4n) is 9.83. The predicted octanol–water partition coefficient (Wildman–Crippen LogP) is 12.9. The van der Waals surface area contributed by atoms with E-state index in [4.69, 9.17) is 148 Å². The maximum atomic E-state index is 13.4. The standard InChI is InChI=1S/C12H20Cl2N5O4P.C11H18Cl2N3O5P.C7H14Cl3N2OP.C6H14Cl3N2OP.2C6H18NSi2.C5H7N3O3.C5H5NO4.2CH4.2Li/c1-16-11(9-15-12(16)19(20)21)10-23-24(22)17(7-3-13)5-2-6-18(24)8-4-14;1-14(7-5-12)22(19,15(2)8-6-13)20-9-10-3-4-11(21-10)16(17)18;8-2-6-11-4-1-5-12(7-3-9)14(11,10)13;1-10(5-3-7)13(9,12)11(2)6-4-8;2*1-8(2,3)7-9(4,5)6;1-7-4(3-9)2-6-5(7)8(10)11;7-3-4-1-2-5(10-4)6(8)9;;;;/h9H,2-8,10H2,1H3;3-4H,5-9H2,1-2H3;1-7H2;3-6H2,1-2H3;2*1-6H3;2,9H,3H2,1H3;1-2,7H,3H2;2*1H4;;/q;;;;2*-1;;;;;2*+1. The maximum absolute atomic E-state index is 13.4. The van der Waals surface area contributed by atoms with E-state index < -0.39 is 87.5 Å². The van der Waals surface area contributed by atoms with Crippen LogP contribution in [0.3, 0.4) is 0 Å². The second-order valence-electron chi connectivity index (χ2n) is 28.0. The van der Waals surface area contributed by atoms with Crippen LogP contribution >= 0.6 is 144 Å². The molecule has 36 nitrogen and oxygen atoms in total. The largest absolute Gasteiger partial charge is 1.00 e. The van der Waals surface area contributed by atoms with Crippen LogP contribution in [-0.2, 0) is 67.8 Å². The molecule has 668 valence electrons. The molecule has 0 unspecified atom stereocenters. The molecule has 6 heterocycles. The monoisotopic (exact) mass is 1980 g/mol. The Morgan fingerprint density at radius 1 is 0.509 bits per heavy atom. The molecule has 0 aromatic carbocycles. The van der Waals surface area contributed by atoms with Crippen LogP contribution in [0.4, 0.5) is 23.7 Å². The van der Waals surface area contributed by atoms with E-state index in [0.29, 0.717) is 112 Å². The number of halogens is 10. The summed E-state index contributed by atoms with van der Waals surface area (Å²) < 4.78 is 96.7. The molecule has 2 saturated heterocycles. The smallest absolute Gasteiger partial charge is 0.668 e. The van der Waals surface area contributed by atoms with Crippen molar-refractivity contribution < 1.29 is 104 Å². The van der Waals surface area contributed by atoms with Gasteiger partial charge in [-0.25, -0.2) is 46.5 Å². The quantitative estimate of drug-likeness (QED) is 0.0140. The van der Waals surface area contributed by atoms with E-state index in [0.717, 1.165) is 25.9 Å². The zero-order valence-corrected chi connectivity index (χ0v) is 84.0. The first-order valence-corrected chi connectivity index (χ1v) is 60.8. The van der Waals surface area contributed by atoms with E-state index in [1.807, 2.05) is 0 Å². The summed E-state index contributed by atoms with van der Waals surface area (Å²) in [6.07, 6.45) is 4.44. The Kier molecular flexibility index (Phi) is 68.7. The van der Waals surface area contributed by atoms with Crippen LogP contribution < -0.4 is 37.7 Å².